The Hall–Kier alpha value is -1.98. The largest absolute Gasteiger partial charge is 0.476 e. The van der Waals surface area contributed by atoms with Gasteiger partial charge in [0.1, 0.15) is 0 Å². The minimum Gasteiger partial charge on any atom is -0.476 e. The predicted molar refractivity (Wildman–Crippen MR) is 79.3 cm³/mol. The number of alkyl halides is 3. The number of carboxylic acids is 1. The van der Waals surface area contributed by atoms with Crippen LogP contribution in [0, 0.1) is 0 Å². The lowest BCUT2D eigenvalue weighted by Gasteiger charge is -2.16. The van der Waals surface area contributed by atoms with E-state index in [0.29, 0.717) is 11.3 Å². The molecular formula is C13H11F3N2O4S2. The van der Waals surface area contributed by atoms with Crippen LogP contribution in [0.5, 0.6) is 0 Å². The molecule has 0 fully saturated rings. The third-order valence-corrected chi connectivity index (χ3v) is 5.94. The second-order valence-corrected chi connectivity index (χ2v) is 7.52. The van der Waals surface area contributed by atoms with Crippen molar-refractivity contribution in [2.75, 3.05) is 0 Å². The molecule has 11 heteroatoms. The van der Waals surface area contributed by atoms with Crippen LogP contribution >= 0.6 is 11.3 Å². The van der Waals surface area contributed by atoms with E-state index in [1.54, 1.807) is 0 Å². The van der Waals surface area contributed by atoms with Crippen LogP contribution in [-0.2, 0) is 16.2 Å². The number of carboxylic acid groups (broad SMARTS) is 1. The van der Waals surface area contributed by atoms with Crippen molar-refractivity contribution < 1.29 is 31.5 Å². The van der Waals surface area contributed by atoms with E-state index in [2.05, 4.69) is 9.71 Å². The van der Waals surface area contributed by atoms with E-state index in [1.807, 2.05) is 0 Å². The van der Waals surface area contributed by atoms with Gasteiger partial charge in [-0.25, -0.2) is 22.9 Å². The number of thiazole rings is 1. The molecule has 0 amide bonds. The van der Waals surface area contributed by atoms with Crippen molar-refractivity contribution in [3.63, 3.8) is 0 Å². The van der Waals surface area contributed by atoms with E-state index in [4.69, 9.17) is 5.11 Å². The Morgan fingerprint density at radius 3 is 2.62 bits per heavy atom. The summed E-state index contributed by atoms with van der Waals surface area (Å²) in [6, 6.07) is 3.21. The lowest BCUT2D eigenvalue weighted by molar-refractivity contribution is -0.137. The molecule has 1 heterocycles. The van der Waals surface area contributed by atoms with Crippen LogP contribution in [0.15, 0.2) is 34.0 Å². The summed E-state index contributed by atoms with van der Waals surface area (Å²) in [7, 11) is -4.24. The molecule has 0 saturated carbocycles. The average molecular weight is 380 g/mol. The van der Waals surface area contributed by atoms with E-state index >= 15 is 0 Å². The number of nitrogens with zero attached hydrogens (tertiary/aromatic N) is 1. The van der Waals surface area contributed by atoms with Gasteiger partial charge in [-0.1, -0.05) is 12.1 Å². The van der Waals surface area contributed by atoms with E-state index in [-0.39, 0.29) is 5.56 Å². The third-order valence-electron chi connectivity index (χ3n) is 3.03. The monoisotopic (exact) mass is 380 g/mol. The van der Waals surface area contributed by atoms with Crippen molar-refractivity contribution in [1.29, 1.82) is 0 Å². The maximum atomic E-state index is 12.7. The molecule has 130 valence electrons. The molecule has 1 atom stereocenters. The first-order valence-electron chi connectivity index (χ1n) is 6.38. The summed E-state index contributed by atoms with van der Waals surface area (Å²) in [5, 5.41) is 8.92. The first kappa shape index (κ1) is 18.4. The van der Waals surface area contributed by atoms with Crippen molar-refractivity contribution >= 4 is 27.3 Å². The van der Waals surface area contributed by atoms with Gasteiger partial charge in [-0.2, -0.15) is 13.2 Å². The predicted octanol–water partition coefficient (Wildman–Crippen LogP) is 2.90. The number of hydrogen-bond acceptors (Lipinski definition) is 5. The van der Waals surface area contributed by atoms with Crippen LogP contribution in [0.25, 0.3) is 0 Å². The summed E-state index contributed by atoms with van der Waals surface area (Å²) in [4.78, 5) is 14.4. The van der Waals surface area contributed by atoms with Crippen LogP contribution in [-0.4, -0.2) is 24.5 Å². The van der Waals surface area contributed by atoms with Crippen molar-refractivity contribution in [2.24, 2.45) is 0 Å². The molecule has 0 radical (unpaired) electrons. The molecule has 0 aliphatic carbocycles. The van der Waals surface area contributed by atoms with Gasteiger partial charge in [0.2, 0.25) is 0 Å². The van der Waals surface area contributed by atoms with Gasteiger partial charge in [0.05, 0.1) is 11.1 Å². The highest BCUT2D eigenvalue weighted by molar-refractivity contribution is 7.91. The van der Waals surface area contributed by atoms with Crippen LogP contribution in [0.4, 0.5) is 13.2 Å². The topological polar surface area (TPSA) is 96.4 Å². The fraction of sp³-hybridized carbons (Fsp3) is 0.231. The zero-order valence-electron chi connectivity index (χ0n) is 12.0. The molecule has 2 N–H and O–H groups in total. The number of sulfonamides is 1. The van der Waals surface area contributed by atoms with Gasteiger partial charge in [0.15, 0.2) is 9.90 Å². The van der Waals surface area contributed by atoms with Gasteiger partial charge in [-0.15, -0.1) is 11.3 Å². The number of halogens is 3. The van der Waals surface area contributed by atoms with E-state index < -0.39 is 43.7 Å². The quantitative estimate of drug-likeness (QED) is 0.831. The van der Waals surface area contributed by atoms with E-state index in [1.165, 1.54) is 19.1 Å². The summed E-state index contributed by atoms with van der Waals surface area (Å²) in [5.41, 5.74) is -0.388. The summed E-state index contributed by atoms with van der Waals surface area (Å²) in [6.45, 7) is 1.36. The fourth-order valence-corrected chi connectivity index (χ4v) is 4.30. The molecule has 1 aromatic heterocycles. The molecule has 24 heavy (non-hydrogen) atoms. The van der Waals surface area contributed by atoms with Crippen molar-refractivity contribution in [3.8, 4) is 0 Å². The van der Waals surface area contributed by atoms with E-state index in [0.717, 1.165) is 17.6 Å². The molecule has 2 aromatic rings. The lowest BCUT2D eigenvalue weighted by Crippen LogP contribution is -2.27. The van der Waals surface area contributed by atoms with Gasteiger partial charge in [-0.3, -0.25) is 0 Å². The smallest absolute Gasteiger partial charge is 0.416 e. The van der Waals surface area contributed by atoms with Gasteiger partial charge in [0, 0.05) is 6.04 Å². The van der Waals surface area contributed by atoms with Crippen LogP contribution in [0.3, 0.4) is 0 Å². The Morgan fingerprint density at radius 1 is 1.38 bits per heavy atom. The zero-order valence-corrected chi connectivity index (χ0v) is 13.7. The Bertz CT molecular complexity index is 862. The molecule has 0 aliphatic rings. The van der Waals surface area contributed by atoms with Crippen LogP contribution in [0.1, 0.15) is 34.6 Å². The SMILES string of the molecule is CC(NS(=O)(=O)c1scnc1C(=O)O)c1cccc(C(F)(F)F)c1. The summed E-state index contributed by atoms with van der Waals surface area (Å²) < 4.78 is 64.3. The highest BCUT2D eigenvalue weighted by Gasteiger charge is 2.32. The second kappa shape index (κ2) is 6.49. The molecule has 1 unspecified atom stereocenters. The first-order valence-corrected chi connectivity index (χ1v) is 8.75. The molecule has 1 aromatic carbocycles. The second-order valence-electron chi connectivity index (χ2n) is 4.76. The molecule has 0 bridgehead atoms. The summed E-state index contributed by atoms with van der Waals surface area (Å²) in [5.74, 6) is -1.51. The van der Waals surface area contributed by atoms with Crippen molar-refractivity contribution in [2.45, 2.75) is 23.4 Å². The molecule has 6 nitrogen and oxygen atoms in total. The molecule has 0 spiro atoms. The first-order chi connectivity index (χ1) is 11.0. The minimum absolute atomic E-state index is 0.0924. The van der Waals surface area contributed by atoms with Gasteiger partial charge in [0.25, 0.3) is 10.0 Å². The number of carbonyl (C=O) groups is 1. The van der Waals surface area contributed by atoms with Crippen LogP contribution < -0.4 is 4.72 Å². The number of nitrogens with one attached hydrogen (secondary N) is 1. The van der Waals surface area contributed by atoms with E-state index in [9.17, 15) is 26.4 Å². The van der Waals surface area contributed by atoms with Crippen molar-refractivity contribution in [1.82, 2.24) is 9.71 Å². The van der Waals surface area contributed by atoms with Gasteiger partial charge >= 0.3 is 12.1 Å². The van der Waals surface area contributed by atoms with Crippen molar-refractivity contribution in [3.05, 3.63) is 46.6 Å². The number of hydrogen-bond donors (Lipinski definition) is 2. The number of aromatic carboxylic acids is 1. The Balaban J connectivity index is 2.30. The van der Waals surface area contributed by atoms with Gasteiger partial charge in [-0.05, 0) is 24.6 Å². The summed E-state index contributed by atoms with van der Waals surface area (Å²) >= 11 is 0.607. The highest BCUT2D eigenvalue weighted by atomic mass is 32.2. The molecule has 2 rings (SSSR count). The maximum Gasteiger partial charge on any atom is 0.416 e. The standard InChI is InChI=1S/C13H11F3N2O4S2/c1-7(8-3-2-4-9(5-8)13(14,15)16)18-24(21,22)12-10(11(19)20)17-6-23-12/h2-7,18H,1H3,(H,19,20). The van der Waals surface area contributed by atoms with Crippen LogP contribution in [0.2, 0.25) is 0 Å². The Morgan fingerprint density at radius 2 is 2.04 bits per heavy atom. The number of rotatable bonds is 5. The number of aromatic nitrogens is 1. The Labute approximate surface area is 139 Å². The number of benzene rings is 1. The normalized spacial score (nSPS) is 13.7. The average Bonchev–Trinajstić information content (AvgIpc) is 2.96. The Kier molecular flexibility index (Phi) is 4.97. The molecular weight excluding hydrogens is 369 g/mol. The fourth-order valence-electron chi connectivity index (χ4n) is 1.91. The lowest BCUT2D eigenvalue weighted by atomic mass is 10.1. The maximum absolute atomic E-state index is 12.7. The molecule has 0 saturated heterocycles. The summed E-state index contributed by atoms with van der Waals surface area (Å²) in [6.07, 6.45) is -4.55. The molecule has 0 aliphatic heterocycles. The van der Waals surface area contributed by atoms with Gasteiger partial charge < -0.3 is 5.11 Å². The third kappa shape index (κ3) is 3.91. The highest BCUT2D eigenvalue weighted by Crippen LogP contribution is 2.31. The zero-order chi connectivity index (χ0) is 18.1. The minimum atomic E-state index is -4.55.